The molecule has 1 aromatic heterocycles. The van der Waals surface area contributed by atoms with Gasteiger partial charge in [0, 0.05) is 23.5 Å². The summed E-state index contributed by atoms with van der Waals surface area (Å²) in [4.78, 5) is 27.6. The quantitative estimate of drug-likeness (QED) is 0.754. The number of hydrogen-bond acceptors (Lipinski definition) is 3. The number of benzene rings is 1. The first-order valence-corrected chi connectivity index (χ1v) is 8.65. The summed E-state index contributed by atoms with van der Waals surface area (Å²) < 4.78 is 13.0. The van der Waals surface area contributed by atoms with Crippen LogP contribution >= 0.6 is 11.3 Å². The number of amides is 1. The number of halogens is 1. The second-order valence-electron chi connectivity index (χ2n) is 5.71. The van der Waals surface area contributed by atoms with Crippen molar-refractivity contribution in [2.45, 2.75) is 25.7 Å². The minimum absolute atomic E-state index is 0.0242. The largest absolute Gasteiger partial charge is 0.312 e. The van der Waals surface area contributed by atoms with Gasteiger partial charge < -0.3 is 4.90 Å². The van der Waals surface area contributed by atoms with Crippen LogP contribution in [0.1, 0.15) is 24.1 Å². The van der Waals surface area contributed by atoms with E-state index in [-0.39, 0.29) is 17.5 Å². The number of hydrogen-bond donors (Lipinski definition) is 0. The van der Waals surface area contributed by atoms with Gasteiger partial charge in [-0.1, -0.05) is 6.07 Å². The molecule has 1 fully saturated rings. The molecule has 2 heterocycles. The van der Waals surface area contributed by atoms with E-state index in [9.17, 15) is 14.0 Å². The van der Waals surface area contributed by atoms with Gasteiger partial charge in [0.25, 0.3) is 0 Å². The molecule has 0 spiro atoms. The molecule has 3 nitrogen and oxygen atoms in total. The van der Waals surface area contributed by atoms with Crippen LogP contribution in [0.2, 0.25) is 0 Å². The second kappa shape index (κ2) is 7.04. The third-order valence-electron chi connectivity index (χ3n) is 4.16. The lowest BCUT2D eigenvalue weighted by molar-refractivity contribution is -0.130. The van der Waals surface area contributed by atoms with Crippen LogP contribution in [0, 0.1) is 11.7 Å². The smallest absolute Gasteiger partial charge is 0.237 e. The monoisotopic (exact) mass is 331 g/mol. The molecule has 0 aliphatic carbocycles. The van der Waals surface area contributed by atoms with Crippen molar-refractivity contribution in [2.24, 2.45) is 5.92 Å². The van der Waals surface area contributed by atoms with Crippen LogP contribution in [0.15, 0.2) is 41.8 Å². The predicted octanol–water partition coefficient (Wildman–Crippen LogP) is 3.83. The first kappa shape index (κ1) is 15.9. The van der Waals surface area contributed by atoms with Gasteiger partial charge in [-0.05, 0) is 55.0 Å². The molecule has 1 saturated heterocycles. The van der Waals surface area contributed by atoms with Crippen LogP contribution in [0.3, 0.4) is 0 Å². The molecule has 0 N–H and O–H groups in total. The fraction of sp³-hybridized carbons (Fsp3) is 0.333. The topological polar surface area (TPSA) is 37.4 Å². The lowest BCUT2D eigenvalue weighted by atomic mass is 9.98. The molecule has 1 unspecified atom stereocenters. The maximum atomic E-state index is 13.0. The van der Waals surface area contributed by atoms with Crippen LogP contribution < -0.4 is 4.90 Å². The number of aryl methyl sites for hydroxylation is 1. The van der Waals surface area contributed by atoms with E-state index in [2.05, 4.69) is 6.07 Å². The molecule has 120 valence electrons. The van der Waals surface area contributed by atoms with Crippen molar-refractivity contribution in [2.75, 3.05) is 11.4 Å². The van der Waals surface area contributed by atoms with Crippen molar-refractivity contribution in [1.29, 1.82) is 0 Å². The van der Waals surface area contributed by atoms with E-state index in [0.717, 1.165) is 12.8 Å². The van der Waals surface area contributed by atoms with E-state index in [0.29, 0.717) is 25.1 Å². The van der Waals surface area contributed by atoms with Gasteiger partial charge in [0.05, 0.1) is 5.92 Å². The highest BCUT2D eigenvalue weighted by Crippen LogP contribution is 2.27. The summed E-state index contributed by atoms with van der Waals surface area (Å²) in [7, 11) is 0. The molecule has 5 heteroatoms. The molecular formula is C18H18FNO2S. The lowest BCUT2D eigenvalue weighted by Crippen LogP contribution is -2.30. The van der Waals surface area contributed by atoms with Crippen molar-refractivity contribution in [3.05, 3.63) is 52.5 Å². The van der Waals surface area contributed by atoms with Crippen LogP contribution in [-0.4, -0.2) is 18.2 Å². The van der Waals surface area contributed by atoms with Crippen molar-refractivity contribution in [3.8, 4) is 0 Å². The normalized spacial score (nSPS) is 17.7. The van der Waals surface area contributed by atoms with E-state index < -0.39 is 5.92 Å². The molecule has 1 aromatic carbocycles. The Morgan fingerprint density at radius 3 is 2.74 bits per heavy atom. The molecular weight excluding hydrogens is 313 g/mol. The van der Waals surface area contributed by atoms with Crippen molar-refractivity contribution >= 4 is 28.7 Å². The Morgan fingerprint density at radius 2 is 2.04 bits per heavy atom. The summed E-state index contributed by atoms with van der Waals surface area (Å²) in [6, 6.07) is 9.89. The Balaban J connectivity index is 1.55. The van der Waals surface area contributed by atoms with Gasteiger partial charge in [-0.2, -0.15) is 0 Å². The number of nitrogens with zero attached hydrogens (tertiary/aromatic N) is 1. The predicted molar refractivity (Wildman–Crippen MR) is 89.1 cm³/mol. The summed E-state index contributed by atoms with van der Waals surface area (Å²) in [5, 5.41) is 2.03. The molecule has 0 saturated carbocycles. The van der Waals surface area contributed by atoms with Gasteiger partial charge >= 0.3 is 0 Å². The standard InChI is InChI=1S/C18H18FNO2S/c19-13-6-8-14(9-7-13)20-11-10-16(18(20)22)17(21)5-1-3-15-4-2-12-23-15/h2,4,6-9,12,16H,1,3,5,10-11H2. The third-order valence-corrected chi connectivity index (χ3v) is 5.10. The zero-order chi connectivity index (χ0) is 16.2. The highest BCUT2D eigenvalue weighted by molar-refractivity contribution is 7.09. The van der Waals surface area contributed by atoms with Crippen LogP contribution in [0.5, 0.6) is 0 Å². The molecule has 1 aliphatic rings. The Bertz CT molecular complexity index is 682. The fourth-order valence-electron chi connectivity index (χ4n) is 2.92. The molecule has 1 atom stereocenters. The number of carbonyl (C=O) groups is 2. The fourth-order valence-corrected chi connectivity index (χ4v) is 3.67. The van der Waals surface area contributed by atoms with Gasteiger partial charge in [-0.25, -0.2) is 4.39 Å². The Kier molecular flexibility index (Phi) is 4.86. The maximum Gasteiger partial charge on any atom is 0.237 e. The van der Waals surface area contributed by atoms with E-state index in [1.165, 1.54) is 17.0 Å². The first-order valence-electron chi connectivity index (χ1n) is 7.77. The van der Waals surface area contributed by atoms with E-state index in [1.807, 2.05) is 11.4 Å². The van der Waals surface area contributed by atoms with E-state index >= 15 is 0 Å². The van der Waals surface area contributed by atoms with Gasteiger partial charge in [0.2, 0.25) is 5.91 Å². The van der Waals surface area contributed by atoms with Crippen molar-refractivity contribution < 1.29 is 14.0 Å². The molecule has 0 bridgehead atoms. The summed E-state index contributed by atoms with van der Waals surface area (Å²) in [5.74, 6) is -1.00. The average molecular weight is 331 g/mol. The summed E-state index contributed by atoms with van der Waals surface area (Å²) >= 11 is 1.69. The molecule has 23 heavy (non-hydrogen) atoms. The highest BCUT2D eigenvalue weighted by atomic mass is 32.1. The first-order chi connectivity index (χ1) is 11.1. The molecule has 1 amide bonds. The third kappa shape index (κ3) is 3.67. The van der Waals surface area contributed by atoms with Gasteiger partial charge in [0.1, 0.15) is 11.6 Å². The zero-order valence-corrected chi connectivity index (χ0v) is 13.5. The number of anilines is 1. The number of thiophene rings is 1. The number of carbonyl (C=O) groups excluding carboxylic acids is 2. The average Bonchev–Trinajstić information content (AvgIpc) is 3.18. The van der Waals surface area contributed by atoms with Crippen LogP contribution in [0.25, 0.3) is 0 Å². The number of rotatable bonds is 6. The highest BCUT2D eigenvalue weighted by Gasteiger charge is 2.36. The second-order valence-corrected chi connectivity index (χ2v) is 6.74. The van der Waals surface area contributed by atoms with E-state index in [1.54, 1.807) is 28.4 Å². The maximum absolute atomic E-state index is 13.0. The molecule has 1 aliphatic heterocycles. The lowest BCUT2D eigenvalue weighted by Gasteiger charge is -2.16. The summed E-state index contributed by atoms with van der Waals surface area (Å²) in [5.41, 5.74) is 0.658. The number of ketones is 1. The summed E-state index contributed by atoms with van der Waals surface area (Å²) in [6.45, 7) is 0.520. The summed E-state index contributed by atoms with van der Waals surface area (Å²) in [6.07, 6.45) is 2.64. The minimum atomic E-state index is -0.539. The van der Waals surface area contributed by atoms with Gasteiger partial charge in [-0.3, -0.25) is 9.59 Å². The Hall–Kier alpha value is -2.01. The Labute approximate surface area is 138 Å². The number of Topliss-reactive ketones (excluding diaryl/α,β-unsaturated/α-hetero) is 1. The minimum Gasteiger partial charge on any atom is -0.312 e. The van der Waals surface area contributed by atoms with Crippen LogP contribution in [-0.2, 0) is 16.0 Å². The van der Waals surface area contributed by atoms with Crippen LogP contribution in [0.4, 0.5) is 10.1 Å². The molecule has 3 rings (SSSR count). The molecule has 2 aromatic rings. The van der Waals surface area contributed by atoms with E-state index in [4.69, 9.17) is 0 Å². The van der Waals surface area contributed by atoms with Gasteiger partial charge in [0.15, 0.2) is 0 Å². The SMILES string of the molecule is O=C(CCCc1cccs1)C1CCN(c2ccc(F)cc2)C1=O. The zero-order valence-electron chi connectivity index (χ0n) is 12.7. The molecule has 0 radical (unpaired) electrons. The Morgan fingerprint density at radius 1 is 1.26 bits per heavy atom. The van der Waals surface area contributed by atoms with Crippen molar-refractivity contribution in [3.63, 3.8) is 0 Å². The van der Waals surface area contributed by atoms with Gasteiger partial charge in [-0.15, -0.1) is 11.3 Å². The van der Waals surface area contributed by atoms with Crippen molar-refractivity contribution in [1.82, 2.24) is 0 Å².